The molecule has 12 heavy (non-hydrogen) atoms. The fraction of sp³-hybridized carbons (Fsp3) is 0.333. The molecule has 0 aliphatic rings. The molecule has 1 aromatic carbocycles. The summed E-state index contributed by atoms with van der Waals surface area (Å²) in [5.41, 5.74) is 6.38. The van der Waals surface area contributed by atoms with Crippen molar-refractivity contribution in [2.45, 2.75) is 20.0 Å². The van der Waals surface area contributed by atoms with Crippen LogP contribution < -0.4 is 10.5 Å². The van der Waals surface area contributed by atoms with Gasteiger partial charge in [-0.1, -0.05) is 15.9 Å². The van der Waals surface area contributed by atoms with Crippen LogP contribution in [0.4, 0.5) is 5.69 Å². The number of hydrogen-bond donors (Lipinski definition) is 1. The van der Waals surface area contributed by atoms with Crippen molar-refractivity contribution in [3.05, 3.63) is 22.7 Å². The van der Waals surface area contributed by atoms with E-state index in [9.17, 15) is 0 Å². The minimum Gasteiger partial charge on any atom is -0.489 e. The predicted octanol–water partition coefficient (Wildman–Crippen LogP) is 2.82. The number of halogens is 1. The van der Waals surface area contributed by atoms with Crippen LogP contribution in [0.1, 0.15) is 13.8 Å². The number of benzene rings is 1. The van der Waals surface area contributed by atoms with Crippen LogP contribution in [0.5, 0.6) is 5.75 Å². The molecule has 1 aromatic rings. The molecule has 3 heteroatoms. The molecule has 0 aliphatic carbocycles. The van der Waals surface area contributed by atoms with Gasteiger partial charge in [-0.2, -0.15) is 0 Å². The molecular formula is C9H12BrNO. The van der Waals surface area contributed by atoms with Crippen molar-refractivity contribution in [3.8, 4) is 5.75 Å². The third-order valence-corrected chi connectivity index (χ3v) is 1.83. The summed E-state index contributed by atoms with van der Waals surface area (Å²) in [7, 11) is 0. The Morgan fingerprint density at radius 3 is 2.58 bits per heavy atom. The molecule has 0 saturated heterocycles. The number of anilines is 1. The largest absolute Gasteiger partial charge is 0.489 e. The Bertz CT molecular complexity index is 273. The molecule has 2 nitrogen and oxygen atoms in total. The Kier molecular flexibility index (Phi) is 2.98. The number of rotatable bonds is 2. The molecule has 0 amide bonds. The number of nitrogen functional groups attached to an aromatic ring is 1. The lowest BCUT2D eigenvalue weighted by atomic mass is 10.3. The van der Waals surface area contributed by atoms with Crippen LogP contribution in [0, 0.1) is 0 Å². The van der Waals surface area contributed by atoms with E-state index in [0.717, 1.165) is 10.2 Å². The maximum atomic E-state index is 5.71. The fourth-order valence-electron chi connectivity index (χ4n) is 0.881. The highest BCUT2D eigenvalue weighted by molar-refractivity contribution is 9.10. The van der Waals surface area contributed by atoms with Crippen molar-refractivity contribution < 1.29 is 4.74 Å². The first-order valence-corrected chi connectivity index (χ1v) is 4.60. The Hall–Kier alpha value is -0.700. The van der Waals surface area contributed by atoms with E-state index in [1.54, 1.807) is 0 Å². The lowest BCUT2D eigenvalue weighted by molar-refractivity contribution is 0.244. The highest BCUT2D eigenvalue weighted by atomic mass is 79.9. The maximum Gasteiger partial charge on any atom is 0.142 e. The van der Waals surface area contributed by atoms with E-state index in [0.29, 0.717) is 5.69 Å². The normalized spacial score (nSPS) is 10.3. The van der Waals surface area contributed by atoms with Crippen molar-refractivity contribution in [3.63, 3.8) is 0 Å². The van der Waals surface area contributed by atoms with Crippen molar-refractivity contribution in [1.82, 2.24) is 0 Å². The summed E-state index contributed by atoms with van der Waals surface area (Å²) in [6.45, 7) is 3.95. The van der Waals surface area contributed by atoms with E-state index in [-0.39, 0.29) is 6.10 Å². The average Bonchev–Trinajstić information content (AvgIpc) is 1.94. The first-order valence-electron chi connectivity index (χ1n) is 3.81. The molecule has 0 unspecified atom stereocenters. The van der Waals surface area contributed by atoms with E-state index < -0.39 is 0 Å². The SMILES string of the molecule is CC(C)Oc1ccc(Br)cc1N. The smallest absolute Gasteiger partial charge is 0.142 e. The van der Waals surface area contributed by atoms with E-state index in [1.807, 2.05) is 32.0 Å². The third kappa shape index (κ3) is 2.41. The topological polar surface area (TPSA) is 35.2 Å². The maximum absolute atomic E-state index is 5.71. The van der Waals surface area contributed by atoms with Crippen molar-refractivity contribution in [2.24, 2.45) is 0 Å². The van der Waals surface area contributed by atoms with Gasteiger partial charge in [0.1, 0.15) is 5.75 Å². The van der Waals surface area contributed by atoms with Gasteiger partial charge in [0.05, 0.1) is 11.8 Å². The van der Waals surface area contributed by atoms with Gasteiger partial charge in [0.25, 0.3) is 0 Å². The average molecular weight is 230 g/mol. The third-order valence-electron chi connectivity index (χ3n) is 1.33. The predicted molar refractivity (Wildman–Crippen MR) is 54.3 cm³/mol. The second-order valence-corrected chi connectivity index (χ2v) is 3.76. The van der Waals surface area contributed by atoms with Gasteiger partial charge in [-0.05, 0) is 32.0 Å². The molecule has 66 valence electrons. The van der Waals surface area contributed by atoms with Gasteiger partial charge < -0.3 is 10.5 Å². The zero-order valence-corrected chi connectivity index (χ0v) is 8.76. The molecule has 0 aromatic heterocycles. The standard InChI is InChI=1S/C9H12BrNO/c1-6(2)12-9-4-3-7(10)5-8(9)11/h3-6H,11H2,1-2H3. The van der Waals surface area contributed by atoms with Crippen molar-refractivity contribution in [1.29, 1.82) is 0 Å². The first-order chi connectivity index (χ1) is 5.59. The van der Waals surface area contributed by atoms with Crippen LogP contribution in [0.3, 0.4) is 0 Å². The molecule has 0 atom stereocenters. The molecule has 0 spiro atoms. The Morgan fingerprint density at radius 2 is 2.08 bits per heavy atom. The van der Waals surface area contributed by atoms with E-state index in [2.05, 4.69) is 15.9 Å². The number of ether oxygens (including phenoxy) is 1. The Morgan fingerprint density at radius 1 is 1.42 bits per heavy atom. The first kappa shape index (κ1) is 9.39. The lowest BCUT2D eigenvalue weighted by Gasteiger charge is -2.11. The summed E-state index contributed by atoms with van der Waals surface area (Å²) in [6.07, 6.45) is 0.161. The quantitative estimate of drug-likeness (QED) is 0.793. The van der Waals surface area contributed by atoms with Gasteiger partial charge in [0, 0.05) is 4.47 Å². The molecule has 0 saturated carbocycles. The van der Waals surface area contributed by atoms with E-state index in [4.69, 9.17) is 10.5 Å². The lowest BCUT2D eigenvalue weighted by Crippen LogP contribution is -2.07. The van der Waals surface area contributed by atoms with Crippen LogP contribution >= 0.6 is 15.9 Å². The van der Waals surface area contributed by atoms with Crippen molar-refractivity contribution in [2.75, 3.05) is 5.73 Å². The summed E-state index contributed by atoms with van der Waals surface area (Å²) in [5.74, 6) is 0.744. The summed E-state index contributed by atoms with van der Waals surface area (Å²) in [5, 5.41) is 0. The summed E-state index contributed by atoms with van der Waals surface area (Å²) >= 11 is 3.33. The fourth-order valence-corrected chi connectivity index (χ4v) is 1.26. The van der Waals surface area contributed by atoms with Crippen LogP contribution in [-0.2, 0) is 0 Å². The Labute approximate surface area is 80.8 Å². The minimum absolute atomic E-state index is 0.161. The minimum atomic E-state index is 0.161. The van der Waals surface area contributed by atoms with Gasteiger partial charge in [0.15, 0.2) is 0 Å². The molecule has 1 rings (SSSR count). The van der Waals surface area contributed by atoms with Crippen LogP contribution in [0.25, 0.3) is 0 Å². The summed E-state index contributed by atoms with van der Waals surface area (Å²) < 4.78 is 6.42. The second kappa shape index (κ2) is 3.81. The molecule has 0 aliphatic heterocycles. The van der Waals surface area contributed by atoms with Crippen molar-refractivity contribution >= 4 is 21.6 Å². The highest BCUT2D eigenvalue weighted by Crippen LogP contribution is 2.25. The van der Waals surface area contributed by atoms with Gasteiger partial charge in [0.2, 0.25) is 0 Å². The summed E-state index contributed by atoms with van der Waals surface area (Å²) in [4.78, 5) is 0. The van der Waals surface area contributed by atoms with Gasteiger partial charge >= 0.3 is 0 Å². The summed E-state index contributed by atoms with van der Waals surface area (Å²) in [6, 6.07) is 5.60. The van der Waals surface area contributed by atoms with Crippen LogP contribution in [-0.4, -0.2) is 6.10 Å². The van der Waals surface area contributed by atoms with Crippen LogP contribution in [0.15, 0.2) is 22.7 Å². The molecule has 0 radical (unpaired) electrons. The number of hydrogen-bond acceptors (Lipinski definition) is 2. The van der Waals surface area contributed by atoms with Crippen LogP contribution in [0.2, 0.25) is 0 Å². The van der Waals surface area contributed by atoms with Gasteiger partial charge in [-0.3, -0.25) is 0 Å². The van der Waals surface area contributed by atoms with Gasteiger partial charge in [-0.15, -0.1) is 0 Å². The molecule has 0 heterocycles. The Balaban J connectivity index is 2.86. The molecule has 0 fully saturated rings. The zero-order chi connectivity index (χ0) is 9.14. The van der Waals surface area contributed by atoms with E-state index in [1.165, 1.54) is 0 Å². The molecule has 0 bridgehead atoms. The van der Waals surface area contributed by atoms with Gasteiger partial charge in [-0.25, -0.2) is 0 Å². The molecular weight excluding hydrogens is 218 g/mol. The second-order valence-electron chi connectivity index (χ2n) is 2.85. The molecule has 2 N–H and O–H groups in total. The van der Waals surface area contributed by atoms with E-state index >= 15 is 0 Å². The number of nitrogens with two attached hydrogens (primary N) is 1. The highest BCUT2D eigenvalue weighted by Gasteiger charge is 2.02. The zero-order valence-electron chi connectivity index (χ0n) is 7.17. The monoisotopic (exact) mass is 229 g/mol.